The molecule has 1 aromatic carbocycles. The van der Waals surface area contributed by atoms with Crippen molar-refractivity contribution in [1.29, 1.82) is 0 Å². The number of nitrogens with one attached hydrogen (secondary N) is 1. The van der Waals surface area contributed by atoms with Crippen LogP contribution >= 0.6 is 11.6 Å². The van der Waals surface area contributed by atoms with Gasteiger partial charge in [0.15, 0.2) is 5.82 Å². The summed E-state index contributed by atoms with van der Waals surface area (Å²) in [6.07, 6.45) is 1.59. The predicted molar refractivity (Wildman–Crippen MR) is 90.1 cm³/mol. The van der Waals surface area contributed by atoms with Gasteiger partial charge in [-0.15, -0.1) is 0 Å². The van der Waals surface area contributed by atoms with Crippen molar-refractivity contribution < 1.29 is 4.79 Å². The number of rotatable bonds is 4. The topological polar surface area (TPSA) is 61.4 Å². The SMILES string of the molecule is CN(C)c1ncc(NC(=O)c2ccccc2Cl)c(N(C)C)n1. The summed E-state index contributed by atoms with van der Waals surface area (Å²) in [6, 6.07) is 6.88. The van der Waals surface area contributed by atoms with Crippen LogP contribution in [-0.4, -0.2) is 44.1 Å². The Morgan fingerprint density at radius 3 is 2.41 bits per heavy atom. The minimum atomic E-state index is -0.296. The third kappa shape index (κ3) is 3.46. The normalized spacial score (nSPS) is 10.2. The van der Waals surface area contributed by atoms with Crippen molar-refractivity contribution in [2.45, 2.75) is 0 Å². The molecule has 1 amide bonds. The number of benzene rings is 1. The summed E-state index contributed by atoms with van der Waals surface area (Å²) >= 11 is 6.05. The molecule has 0 aliphatic heterocycles. The van der Waals surface area contributed by atoms with E-state index in [4.69, 9.17) is 11.6 Å². The third-order valence-electron chi connectivity index (χ3n) is 2.95. The Bertz CT molecular complexity index is 687. The van der Waals surface area contributed by atoms with Crippen LogP contribution < -0.4 is 15.1 Å². The van der Waals surface area contributed by atoms with E-state index in [0.717, 1.165) is 0 Å². The first-order valence-electron chi connectivity index (χ1n) is 6.67. The summed E-state index contributed by atoms with van der Waals surface area (Å²) in [5.74, 6) is 0.897. The highest BCUT2D eigenvalue weighted by Gasteiger charge is 2.15. The van der Waals surface area contributed by atoms with Gasteiger partial charge in [-0.3, -0.25) is 4.79 Å². The highest BCUT2D eigenvalue weighted by atomic mass is 35.5. The number of amides is 1. The Hall–Kier alpha value is -2.34. The van der Waals surface area contributed by atoms with Crippen molar-refractivity contribution in [2.75, 3.05) is 43.3 Å². The molecule has 0 radical (unpaired) electrons. The van der Waals surface area contributed by atoms with E-state index in [2.05, 4.69) is 15.3 Å². The number of hydrogen-bond acceptors (Lipinski definition) is 5. The highest BCUT2D eigenvalue weighted by Crippen LogP contribution is 2.24. The van der Waals surface area contributed by atoms with E-state index in [0.29, 0.717) is 28.0 Å². The molecule has 0 atom stereocenters. The van der Waals surface area contributed by atoms with Crippen LogP contribution in [0.3, 0.4) is 0 Å². The molecule has 0 aliphatic carbocycles. The number of halogens is 1. The van der Waals surface area contributed by atoms with Gasteiger partial charge in [-0.2, -0.15) is 4.98 Å². The van der Waals surface area contributed by atoms with E-state index >= 15 is 0 Å². The second-order valence-corrected chi connectivity index (χ2v) is 5.54. The van der Waals surface area contributed by atoms with Crippen molar-refractivity contribution in [3.63, 3.8) is 0 Å². The number of carbonyl (C=O) groups is 1. The van der Waals surface area contributed by atoms with E-state index in [1.165, 1.54) is 0 Å². The predicted octanol–water partition coefficient (Wildman–Crippen LogP) is 2.51. The van der Waals surface area contributed by atoms with Crippen molar-refractivity contribution in [3.8, 4) is 0 Å². The van der Waals surface area contributed by atoms with E-state index in [9.17, 15) is 4.79 Å². The minimum Gasteiger partial charge on any atom is -0.361 e. The molecule has 2 rings (SSSR count). The Balaban J connectivity index is 2.33. The van der Waals surface area contributed by atoms with Crippen LogP contribution in [0.1, 0.15) is 10.4 Å². The summed E-state index contributed by atoms with van der Waals surface area (Å²) in [5.41, 5.74) is 0.936. The first kappa shape index (κ1) is 16.0. The second-order valence-electron chi connectivity index (χ2n) is 5.13. The lowest BCUT2D eigenvalue weighted by molar-refractivity contribution is 0.102. The van der Waals surface area contributed by atoms with E-state index < -0.39 is 0 Å². The first-order chi connectivity index (χ1) is 10.4. The molecule has 0 fully saturated rings. The Morgan fingerprint density at radius 1 is 1.14 bits per heavy atom. The molecule has 0 saturated carbocycles. The van der Waals surface area contributed by atoms with E-state index in [-0.39, 0.29) is 5.91 Å². The van der Waals surface area contributed by atoms with Crippen LogP contribution in [0.25, 0.3) is 0 Å². The number of carbonyl (C=O) groups excluding carboxylic acids is 1. The lowest BCUT2D eigenvalue weighted by Crippen LogP contribution is -2.21. The van der Waals surface area contributed by atoms with Gasteiger partial charge in [0.1, 0.15) is 5.69 Å². The molecular formula is C15H18ClN5O. The fourth-order valence-corrected chi connectivity index (χ4v) is 2.06. The van der Waals surface area contributed by atoms with Gasteiger partial charge >= 0.3 is 0 Å². The smallest absolute Gasteiger partial charge is 0.257 e. The largest absolute Gasteiger partial charge is 0.361 e. The highest BCUT2D eigenvalue weighted by molar-refractivity contribution is 6.34. The zero-order valence-corrected chi connectivity index (χ0v) is 13.7. The quantitative estimate of drug-likeness (QED) is 0.938. The summed E-state index contributed by atoms with van der Waals surface area (Å²) in [5, 5.41) is 3.21. The van der Waals surface area contributed by atoms with Crippen LogP contribution in [0, 0.1) is 0 Å². The van der Waals surface area contributed by atoms with Crippen LogP contribution in [0.2, 0.25) is 5.02 Å². The van der Waals surface area contributed by atoms with Gasteiger partial charge in [-0.25, -0.2) is 4.98 Å². The maximum atomic E-state index is 12.3. The van der Waals surface area contributed by atoms with Gasteiger partial charge in [0.2, 0.25) is 5.95 Å². The summed E-state index contributed by atoms with van der Waals surface area (Å²) < 4.78 is 0. The lowest BCUT2D eigenvalue weighted by Gasteiger charge is -2.19. The number of anilines is 3. The molecule has 1 heterocycles. The van der Waals surface area contributed by atoms with Gasteiger partial charge in [0, 0.05) is 28.2 Å². The van der Waals surface area contributed by atoms with Gasteiger partial charge < -0.3 is 15.1 Å². The molecule has 0 spiro atoms. The van der Waals surface area contributed by atoms with Gasteiger partial charge in [-0.1, -0.05) is 23.7 Å². The zero-order valence-electron chi connectivity index (χ0n) is 13.0. The first-order valence-corrected chi connectivity index (χ1v) is 7.05. The van der Waals surface area contributed by atoms with Crippen LogP contribution in [0.15, 0.2) is 30.5 Å². The molecule has 22 heavy (non-hydrogen) atoms. The average molecular weight is 320 g/mol. The molecule has 6 nitrogen and oxygen atoms in total. The maximum absolute atomic E-state index is 12.3. The molecule has 0 unspecified atom stereocenters. The number of aromatic nitrogens is 2. The Labute approximate surface area is 134 Å². The maximum Gasteiger partial charge on any atom is 0.257 e. The fraction of sp³-hybridized carbons (Fsp3) is 0.267. The monoisotopic (exact) mass is 319 g/mol. The van der Waals surface area contributed by atoms with Crippen LogP contribution in [-0.2, 0) is 0 Å². The minimum absolute atomic E-state index is 0.296. The zero-order chi connectivity index (χ0) is 16.3. The summed E-state index contributed by atoms with van der Waals surface area (Å²) in [7, 11) is 7.42. The molecule has 2 aromatic rings. The molecule has 116 valence electrons. The van der Waals surface area contributed by atoms with Crippen molar-refractivity contribution >= 4 is 35.0 Å². The van der Waals surface area contributed by atoms with Crippen molar-refractivity contribution in [2.24, 2.45) is 0 Å². The van der Waals surface area contributed by atoms with E-state index in [1.54, 1.807) is 35.4 Å². The van der Waals surface area contributed by atoms with Gasteiger partial charge in [-0.05, 0) is 12.1 Å². The number of hydrogen-bond donors (Lipinski definition) is 1. The Morgan fingerprint density at radius 2 is 1.82 bits per heavy atom. The molecule has 0 bridgehead atoms. The van der Waals surface area contributed by atoms with Crippen LogP contribution in [0.4, 0.5) is 17.5 Å². The molecule has 1 aromatic heterocycles. The fourth-order valence-electron chi connectivity index (χ4n) is 1.84. The van der Waals surface area contributed by atoms with Gasteiger partial charge in [0.25, 0.3) is 5.91 Å². The molecule has 0 saturated heterocycles. The third-order valence-corrected chi connectivity index (χ3v) is 3.28. The Kier molecular flexibility index (Phi) is 4.82. The second kappa shape index (κ2) is 6.62. The molecule has 7 heteroatoms. The molecular weight excluding hydrogens is 302 g/mol. The van der Waals surface area contributed by atoms with Crippen LogP contribution in [0.5, 0.6) is 0 Å². The molecule has 1 N–H and O–H groups in total. The van der Waals surface area contributed by atoms with Gasteiger partial charge in [0.05, 0.1) is 16.8 Å². The standard InChI is InChI=1S/C15H18ClN5O/c1-20(2)13-12(9-17-15(19-13)21(3)4)18-14(22)10-7-5-6-8-11(10)16/h5-9H,1-4H3,(H,18,22). The summed E-state index contributed by atoms with van der Waals surface area (Å²) in [6.45, 7) is 0. The molecule has 0 aliphatic rings. The average Bonchev–Trinajstić information content (AvgIpc) is 2.47. The van der Waals surface area contributed by atoms with Crippen molar-refractivity contribution in [1.82, 2.24) is 9.97 Å². The number of nitrogens with zero attached hydrogens (tertiary/aromatic N) is 4. The van der Waals surface area contributed by atoms with E-state index in [1.807, 2.05) is 33.1 Å². The lowest BCUT2D eigenvalue weighted by atomic mass is 10.2. The summed E-state index contributed by atoms with van der Waals surface area (Å²) in [4.78, 5) is 24.6. The van der Waals surface area contributed by atoms with Crippen molar-refractivity contribution in [3.05, 3.63) is 41.0 Å².